The third kappa shape index (κ3) is 9.43. The van der Waals surface area contributed by atoms with Gasteiger partial charge in [0.05, 0.1) is 25.9 Å². The molecule has 9 N–H and O–H groups in total. The quantitative estimate of drug-likeness (QED) is 0.124. The maximum Gasteiger partial charge on any atom is 0.111 e. The third-order valence-corrected chi connectivity index (χ3v) is 3.31. The molecule has 0 aromatic rings. The van der Waals surface area contributed by atoms with Crippen LogP contribution in [-0.4, -0.2) is 115 Å². The smallest absolute Gasteiger partial charge is 0.111 e. The molecule has 0 aliphatic carbocycles. The molecule has 0 fully saturated rings. The van der Waals surface area contributed by atoms with Gasteiger partial charge in [0, 0.05) is 6.42 Å². The number of hydrogen-bond acceptors (Lipinski definition) is 10. The molecule has 0 spiro atoms. The number of rotatable bonds is 11. The van der Waals surface area contributed by atoms with Crippen molar-refractivity contribution in [3.05, 3.63) is 0 Å². The minimum Gasteiger partial charge on any atom is -0.394 e. The fourth-order valence-electron chi connectivity index (χ4n) is 1.66. The van der Waals surface area contributed by atoms with Crippen LogP contribution in [0.15, 0.2) is 0 Å². The van der Waals surface area contributed by atoms with Crippen molar-refractivity contribution >= 4 is 0 Å². The van der Waals surface area contributed by atoms with Gasteiger partial charge in [-0.3, -0.25) is 0 Å². The maximum atomic E-state index is 9.58. The Morgan fingerprint density at radius 1 is 0.615 bits per heavy atom. The number of ether oxygens (including phenoxy) is 1. The molecule has 10 heteroatoms. The van der Waals surface area contributed by atoms with Gasteiger partial charge in [-0.1, -0.05) is 11.8 Å². The molecule has 0 rings (SSSR count). The highest BCUT2D eigenvalue weighted by Crippen LogP contribution is 2.07. The highest BCUT2D eigenvalue weighted by Gasteiger charge is 2.29. The Balaban J connectivity index is 4.13. The molecule has 0 radical (unpaired) electrons. The van der Waals surface area contributed by atoms with E-state index in [9.17, 15) is 25.5 Å². The summed E-state index contributed by atoms with van der Waals surface area (Å²) >= 11 is 0. The summed E-state index contributed by atoms with van der Waals surface area (Å²) in [5.41, 5.74) is 0. The van der Waals surface area contributed by atoms with E-state index in [1.165, 1.54) is 0 Å². The maximum absolute atomic E-state index is 9.58. The van der Waals surface area contributed by atoms with E-state index in [0.717, 1.165) is 0 Å². The first-order valence-electron chi connectivity index (χ1n) is 7.77. The normalized spacial score (nSPS) is 19.0. The summed E-state index contributed by atoms with van der Waals surface area (Å²) in [4.78, 5) is 0. The fraction of sp³-hybridized carbons (Fsp3) is 0.750. The molecule has 0 amide bonds. The molecule has 0 aromatic heterocycles. The molecular formula is C16H26O10. The molecule has 0 aliphatic heterocycles. The lowest BCUT2D eigenvalue weighted by atomic mass is 10.0. The van der Waals surface area contributed by atoms with Gasteiger partial charge in [0.15, 0.2) is 0 Å². The summed E-state index contributed by atoms with van der Waals surface area (Å²) in [6.45, 7) is -1.94. The van der Waals surface area contributed by atoms with Crippen molar-refractivity contribution < 1.29 is 50.7 Å². The van der Waals surface area contributed by atoms with E-state index >= 15 is 0 Å². The van der Waals surface area contributed by atoms with Crippen molar-refractivity contribution in [3.63, 3.8) is 0 Å². The second kappa shape index (κ2) is 13.9. The number of aliphatic hydroxyl groups is 9. The lowest BCUT2D eigenvalue weighted by Crippen LogP contribution is -2.45. The molecule has 150 valence electrons. The largest absolute Gasteiger partial charge is 0.394 e. The zero-order chi connectivity index (χ0) is 20.1. The van der Waals surface area contributed by atoms with Crippen molar-refractivity contribution in [1.82, 2.24) is 0 Å². The minimum absolute atomic E-state index is 0.139. The van der Waals surface area contributed by atoms with Crippen LogP contribution in [0.1, 0.15) is 6.42 Å². The Morgan fingerprint density at radius 2 is 1.12 bits per heavy atom. The standard InChI is InChI=1S/C16H26O10/c17-7-11(20)14(23)13(22)9-26-6-4-2-1-3-5-10(19)15(24)16(25)12(21)8-18/h10-25H,5-9H2/t10?,11-,12-,13-,14-,15-,16-/m1/s1. The molecule has 0 aliphatic rings. The minimum atomic E-state index is -1.72. The van der Waals surface area contributed by atoms with Crippen molar-refractivity contribution in [2.24, 2.45) is 0 Å². The zero-order valence-corrected chi connectivity index (χ0v) is 14.0. The Bertz CT molecular complexity index is 491. The van der Waals surface area contributed by atoms with Crippen LogP contribution in [0.25, 0.3) is 0 Å². The average Bonchev–Trinajstić information content (AvgIpc) is 2.66. The summed E-state index contributed by atoms with van der Waals surface area (Å²) in [6, 6.07) is 0. The summed E-state index contributed by atoms with van der Waals surface area (Å²) in [6.07, 6.45) is -11.1. The van der Waals surface area contributed by atoms with Gasteiger partial charge >= 0.3 is 0 Å². The zero-order valence-electron chi connectivity index (χ0n) is 14.0. The van der Waals surface area contributed by atoms with Crippen LogP contribution >= 0.6 is 0 Å². The Hall–Kier alpha value is -1.28. The molecule has 0 heterocycles. The van der Waals surface area contributed by atoms with Gasteiger partial charge in [0.1, 0.15) is 43.2 Å². The summed E-state index contributed by atoms with van der Waals surface area (Å²) in [7, 11) is 0. The van der Waals surface area contributed by atoms with Crippen molar-refractivity contribution in [3.8, 4) is 23.7 Å². The molecule has 10 nitrogen and oxygen atoms in total. The van der Waals surface area contributed by atoms with Gasteiger partial charge in [-0.05, 0) is 11.8 Å². The first-order chi connectivity index (χ1) is 12.3. The Kier molecular flexibility index (Phi) is 13.2. The fourth-order valence-corrected chi connectivity index (χ4v) is 1.66. The highest BCUT2D eigenvalue weighted by molar-refractivity contribution is 5.26. The van der Waals surface area contributed by atoms with Gasteiger partial charge in [0.25, 0.3) is 0 Å². The second-order valence-electron chi connectivity index (χ2n) is 5.43. The molecular weight excluding hydrogens is 352 g/mol. The predicted molar refractivity (Wildman–Crippen MR) is 87.2 cm³/mol. The van der Waals surface area contributed by atoms with Crippen LogP contribution in [0.3, 0.4) is 0 Å². The molecule has 0 aromatic carbocycles. The van der Waals surface area contributed by atoms with Gasteiger partial charge in [-0.2, -0.15) is 0 Å². The summed E-state index contributed by atoms with van der Waals surface area (Å²) in [5.74, 6) is 9.60. The first kappa shape index (κ1) is 24.7. The van der Waals surface area contributed by atoms with E-state index in [0.29, 0.717) is 0 Å². The van der Waals surface area contributed by atoms with Crippen LogP contribution < -0.4 is 0 Å². The molecule has 26 heavy (non-hydrogen) atoms. The molecule has 0 bridgehead atoms. The van der Waals surface area contributed by atoms with Crippen LogP contribution in [-0.2, 0) is 4.74 Å². The van der Waals surface area contributed by atoms with Crippen molar-refractivity contribution in [2.45, 2.75) is 49.1 Å². The number of aliphatic hydroxyl groups excluding tert-OH is 9. The molecule has 1 unspecified atom stereocenters. The van der Waals surface area contributed by atoms with Gasteiger partial charge in [-0.15, -0.1) is 0 Å². The SMILES string of the molecule is OC[C@@H](O)[C@@H](O)[C@H](O)COCC#CC#CCC(O)[C@@H](O)[C@H](O)[C@H](O)CO. The Labute approximate surface area is 150 Å². The van der Waals surface area contributed by atoms with Crippen LogP contribution in [0, 0.1) is 23.7 Å². The lowest BCUT2D eigenvalue weighted by Gasteiger charge is -2.24. The van der Waals surface area contributed by atoms with Gasteiger partial charge in [-0.25, -0.2) is 0 Å². The van der Waals surface area contributed by atoms with Crippen molar-refractivity contribution in [1.29, 1.82) is 0 Å². The average molecular weight is 378 g/mol. The second-order valence-corrected chi connectivity index (χ2v) is 5.43. The predicted octanol–water partition coefficient (Wildman–Crippen LogP) is -5.09. The lowest BCUT2D eigenvalue weighted by molar-refractivity contribution is -0.113. The van der Waals surface area contributed by atoms with Gasteiger partial charge < -0.3 is 50.7 Å². The monoisotopic (exact) mass is 378 g/mol. The van der Waals surface area contributed by atoms with E-state index in [1.807, 2.05) is 0 Å². The highest BCUT2D eigenvalue weighted by atomic mass is 16.5. The van der Waals surface area contributed by atoms with Crippen LogP contribution in [0.4, 0.5) is 0 Å². The van der Waals surface area contributed by atoms with E-state index in [4.69, 9.17) is 25.2 Å². The Morgan fingerprint density at radius 3 is 1.69 bits per heavy atom. The first-order valence-corrected chi connectivity index (χ1v) is 7.77. The van der Waals surface area contributed by atoms with E-state index in [-0.39, 0.29) is 19.6 Å². The number of hydrogen-bond donors (Lipinski definition) is 9. The van der Waals surface area contributed by atoms with Crippen LogP contribution in [0.5, 0.6) is 0 Å². The van der Waals surface area contributed by atoms with E-state index in [1.54, 1.807) is 0 Å². The molecule has 0 saturated heterocycles. The van der Waals surface area contributed by atoms with Crippen LogP contribution in [0.2, 0.25) is 0 Å². The summed E-state index contributed by atoms with van der Waals surface area (Å²) in [5, 5.41) is 82.9. The topological polar surface area (TPSA) is 191 Å². The molecule has 0 saturated carbocycles. The molecule has 7 atom stereocenters. The van der Waals surface area contributed by atoms with Gasteiger partial charge in [0.2, 0.25) is 0 Å². The van der Waals surface area contributed by atoms with E-state index in [2.05, 4.69) is 23.7 Å². The summed E-state index contributed by atoms with van der Waals surface area (Å²) < 4.78 is 4.93. The van der Waals surface area contributed by atoms with Crippen molar-refractivity contribution in [2.75, 3.05) is 26.4 Å². The third-order valence-electron chi connectivity index (χ3n) is 3.31. The van der Waals surface area contributed by atoms with E-state index < -0.39 is 55.9 Å².